The SMILES string of the molecule is C.CCCCCCCCCCCCCCCCCCCCCCO. The molecule has 148 valence electrons. The average molecular weight is 343 g/mol. The lowest BCUT2D eigenvalue weighted by atomic mass is 10.0. The molecule has 0 aromatic carbocycles. The predicted molar refractivity (Wildman–Crippen MR) is 112 cm³/mol. The molecular weight excluding hydrogens is 292 g/mol. The number of hydrogen-bond donors (Lipinski definition) is 1. The fraction of sp³-hybridized carbons (Fsp3) is 1.00. The zero-order chi connectivity index (χ0) is 16.8. The highest BCUT2D eigenvalue weighted by Crippen LogP contribution is 2.14. The van der Waals surface area contributed by atoms with E-state index in [0.29, 0.717) is 6.61 Å². The van der Waals surface area contributed by atoms with Crippen LogP contribution in [-0.2, 0) is 0 Å². The largest absolute Gasteiger partial charge is 0.396 e. The minimum atomic E-state index is 0. The van der Waals surface area contributed by atoms with E-state index in [2.05, 4.69) is 6.92 Å². The van der Waals surface area contributed by atoms with Gasteiger partial charge in [-0.2, -0.15) is 0 Å². The highest BCUT2D eigenvalue weighted by molar-refractivity contribution is 4.50. The van der Waals surface area contributed by atoms with E-state index in [4.69, 9.17) is 5.11 Å². The third-order valence-corrected chi connectivity index (χ3v) is 5.01. The Labute approximate surface area is 155 Å². The van der Waals surface area contributed by atoms with Gasteiger partial charge in [-0.1, -0.05) is 136 Å². The standard InChI is InChI=1S/C22H46O.CH4/c1-2-3-4-5-6-7-8-9-10-11-12-13-14-15-16-17-18-19-20-21-22-23;/h23H,2-22H2,1H3;1H4. The van der Waals surface area contributed by atoms with Crippen LogP contribution in [0.1, 0.15) is 143 Å². The van der Waals surface area contributed by atoms with E-state index in [1.54, 1.807) is 0 Å². The highest BCUT2D eigenvalue weighted by atomic mass is 16.2. The van der Waals surface area contributed by atoms with Gasteiger partial charge in [0.25, 0.3) is 0 Å². The van der Waals surface area contributed by atoms with Gasteiger partial charge in [-0.3, -0.25) is 0 Å². The van der Waals surface area contributed by atoms with Crippen molar-refractivity contribution in [2.75, 3.05) is 6.61 Å². The third kappa shape index (κ3) is 24.2. The van der Waals surface area contributed by atoms with Gasteiger partial charge in [-0.05, 0) is 6.42 Å². The molecule has 24 heavy (non-hydrogen) atoms. The maximum atomic E-state index is 8.71. The molecule has 1 heteroatoms. The van der Waals surface area contributed by atoms with Gasteiger partial charge in [-0.25, -0.2) is 0 Å². The van der Waals surface area contributed by atoms with E-state index in [1.807, 2.05) is 0 Å². The molecule has 0 rings (SSSR count). The summed E-state index contributed by atoms with van der Waals surface area (Å²) in [5, 5.41) is 8.71. The van der Waals surface area contributed by atoms with E-state index in [1.165, 1.54) is 122 Å². The van der Waals surface area contributed by atoms with Crippen LogP contribution in [0.2, 0.25) is 0 Å². The summed E-state index contributed by atoms with van der Waals surface area (Å²) in [4.78, 5) is 0. The summed E-state index contributed by atoms with van der Waals surface area (Å²) in [5.41, 5.74) is 0. The van der Waals surface area contributed by atoms with Crippen LogP contribution in [0.5, 0.6) is 0 Å². The van der Waals surface area contributed by atoms with Gasteiger partial charge in [0.15, 0.2) is 0 Å². The number of aliphatic hydroxyl groups is 1. The molecule has 0 aromatic heterocycles. The molecule has 1 N–H and O–H groups in total. The van der Waals surface area contributed by atoms with Crippen molar-refractivity contribution < 1.29 is 5.11 Å². The van der Waals surface area contributed by atoms with Crippen LogP contribution in [0, 0.1) is 0 Å². The lowest BCUT2D eigenvalue weighted by molar-refractivity contribution is 0.282. The van der Waals surface area contributed by atoms with Gasteiger partial charge >= 0.3 is 0 Å². The molecule has 0 aromatic rings. The molecule has 0 heterocycles. The molecule has 0 atom stereocenters. The number of aliphatic hydroxyl groups excluding tert-OH is 1. The smallest absolute Gasteiger partial charge is 0.0431 e. The van der Waals surface area contributed by atoms with Crippen LogP contribution in [0.3, 0.4) is 0 Å². The summed E-state index contributed by atoms with van der Waals surface area (Å²) in [7, 11) is 0. The van der Waals surface area contributed by atoms with E-state index in [0.717, 1.165) is 6.42 Å². The molecule has 0 saturated heterocycles. The molecule has 0 bridgehead atoms. The maximum absolute atomic E-state index is 8.71. The maximum Gasteiger partial charge on any atom is 0.0431 e. The fourth-order valence-electron chi connectivity index (χ4n) is 3.37. The van der Waals surface area contributed by atoms with Crippen molar-refractivity contribution in [1.29, 1.82) is 0 Å². The van der Waals surface area contributed by atoms with Gasteiger partial charge in [-0.15, -0.1) is 0 Å². The van der Waals surface area contributed by atoms with E-state index >= 15 is 0 Å². The lowest BCUT2D eigenvalue weighted by Gasteiger charge is -2.03. The number of hydrogen-bond acceptors (Lipinski definition) is 1. The van der Waals surface area contributed by atoms with Crippen molar-refractivity contribution >= 4 is 0 Å². The first-order chi connectivity index (χ1) is 11.4. The molecule has 0 saturated carbocycles. The van der Waals surface area contributed by atoms with E-state index < -0.39 is 0 Å². The number of unbranched alkanes of at least 4 members (excludes halogenated alkanes) is 19. The topological polar surface area (TPSA) is 20.2 Å². The molecule has 0 amide bonds. The Kier molecular flexibility index (Phi) is 27.5. The molecule has 0 aliphatic carbocycles. The zero-order valence-electron chi connectivity index (χ0n) is 16.3. The molecule has 0 unspecified atom stereocenters. The van der Waals surface area contributed by atoms with Gasteiger partial charge in [0.2, 0.25) is 0 Å². The van der Waals surface area contributed by atoms with Crippen molar-refractivity contribution in [2.24, 2.45) is 0 Å². The normalized spacial score (nSPS) is 10.8. The van der Waals surface area contributed by atoms with Gasteiger partial charge < -0.3 is 5.11 Å². The summed E-state index contributed by atoms with van der Waals surface area (Å²) in [5.74, 6) is 0. The lowest BCUT2D eigenvalue weighted by Crippen LogP contribution is -1.85. The Bertz CT molecular complexity index is 170. The Hall–Kier alpha value is -0.0400. The minimum absolute atomic E-state index is 0. The van der Waals surface area contributed by atoms with Crippen molar-refractivity contribution in [3.63, 3.8) is 0 Å². The van der Waals surface area contributed by atoms with E-state index in [-0.39, 0.29) is 7.43 Å². The van der Waals surface area contributed by atoms with Crippen molar-refractivity contribution in [1.82, 2.24) is 0 Å². The fourth-order valence-corrected chi connectivity index (χ4v) is 3.37. The van der Waals surface area contributed by atoms with Crippen molar-refractivity contribution in [3.05, 3.63) is 0 Å². The van der Waals surface area contributed by atoms with Gasteiger partial charge in [0.1, 0.15) is 0 Å². The molecule has 1 nitrogen and oxygen atoms in total. The quantitative estimate of drug-likeness (QED) is 0.220. The van der Waals surface area contributed by atoms with Crippen molar-refractivity contribution in [2.45, 2.75) is 143 Å². The van der Waals surface area contributed by atoms with Crippen molar-refractivity contribution in [3.8, 4) is 0 Å². The predicted octanol–water partition coefficient (Wildman–Crippen LogP) is 8.44. The molecule has 0 radical (unpaired) electrons. The second kappa shape index (κ2) is 25.2. The minimum Gasteiger partial charge on any atom is -0.396 e. The second-order valence-electron chi connectivity index (χ2n) is 7.44. The summed E-state index contributed by atoms with van der Waals surface area (Å²) >= 11 is 0. The van der Waals surface area contributed by atoms with Crippen LogP contribution < -0.4 is 0 Å². The van der Waals surface area contributed by atoms with Gasteiger partial charge in [0.05, 0.1) is 0 Å². The summed E-state index contributed by atoms with van der Waals surface area (Å²) in [6, 6.07) is 0. The number of rotatable bonds is 20. The Morgan fingerprint density at radius 3 is 0.792 bits per heavy atom. The molecule has 0 aliphatic heterocycles. The van der Waals surface area contributed by atoms with E-state index in [9.17, 15) is 0 Å². The average Bonchev–Trinajstić information content (AvgIpc) is 2.57. The molecule has 0 aliphatic rings. The Morgan fingerprint density at radius 1 is 0.375 bits per heavy atom. The Morgan fingerprint density at radius 2 is 0.583 bits per heavy atom. The summed E-state index contributed by atoms with van der Waals surface area (Å²) in [6.07, 6.45) is 28.1. The second-order valence-corrected chi connectivity index (χ2v) is 7.44. The zero-order valence-corrected chi connectivity index (χ0v) is 16.3. The van der Waals surface area contributed by atoms with Crippen LogP contribution in [0.15, 0.2) is 0 Å². The molecular formula is C23H50O. The Balaban J connectivity index is 0. The third-order valence-electron chi connectivity index (χ3n) is 5.01. The molecule has 0 fully saturated rings. The first kappa shape index (κ1) is 26.2. The first-order valence-electron chi connectivity index (χ1n) is 11.0. The first-order valence-corrected chi connectivity index (χ1v) is 11.0. The highest BCUT2D eigenvalue weighted by Gasteiger charge is 1.95. The summed E-state index contributed by atoms with van der Waals surface area (Å²) < 4.78 is 0. The summed E-state index contributed by atoms with van der Waals surface area (Å²) in [6.45, 7) is 2.67. The van der Waals surface area contributed by atoms with Crippen LogP contribution >= 0.6 is 0 Å². The van der Waals surface area contributed by atoms with Gasteiger partial charge in [0, 0.05) is 6.61 Å². The monoisotopic (exact) mass is 342 g/mol. The van der Waals surface area contributed by atoms with Crippen LogP contribution in [-0.4, -0.2) is 11.7 Å². The van der Waals surface area contributed by atoms with Crippen LogP contribution in [0.4, 0.5) is 0 Å². The molecule has 0 spiro atoms. The van der Waals surface area contributed by atoms with Crippen LogP contribution in [0.25, 0.3) is 0 Å².